The Balaban J connectivity index is 2.47. The molecule has 1 aromatic rings. The standard InChI is InChI=1S/C10H15N3S/c1-11-6-9-7-4-2-3-5-8(7)12-10(14)13-9/h11H,2-6H2,1H3,(H,12,13,14). The van der Waals surface area contributed by atoms with Gasteiger partial charge in [0.2, 0.25) is 0 Å². The lowest BCUT2D eigenvalue weighted by molar-refractivity contribution is 0.639. The van der Waals surface area contributed by atoms with Crippen LogP contribution in [-0.4, -0.2) is 17.0 Å². The van der Waals surface area contributed by atoms with Gasteiger partial charge in [-0.1, -0.05) is 0 Å². The molecule has 1 heterocycles. The molecule has 0 saturated carbocycles. The molecule has 2 N–H and O–H groups in total. The van der Waals surface area contributed by atoms with Crippen molar-refractivity contribution < 1.29 is 0 Å². The first kappa shape index (κ1) is 9.80. The van der Waals surface area contributed by atoms with Crippen molar-refractivity contribution in [3.05, 3.63) is 21.7 Å². The molecule has 1 aliphatic carbocycles. The maximum Gasteiger partial charge on any atom is 0.197 e. The van der Waals surface area contributed by atoms with Crippen LogP contribution in [0.5, 0.6) is 0 Å². The lowest BCUT2D eigenvalue weighted by Crippen LogP contribution is -2.16. The summed E-state index contributed by atoms with van der Waals surface area (Å²) in [5, 5.41) is 3.14. The summed E-state index contributed by atoms with van der Waals surface area (Å²) >= 11 is 5.10. The molecule has 0 amide bonds. The van der Waals surface area contributed by atoms with Crippen LogP contribution in [0.25, 0.3) is 0 Å². The minimum atomic E-state index is 0.621. The SMILES string of the molecule is CNCc1nc(=S)[nH]c2c1CCCC2. The number of aromatic amines is 1. The third-order valence-electron chi connectivity index (χ3n) is 2.65. The van der Waals surface area contributed by atoms with Crippen molar-refractivity contribution >= 4 is 12.2 Å². The van der Waals surface area contributed by atoms with Crippen molar-refractivity contribution in [1.29, 1.82) is 0 Å². The van der Waals surface area contributed by atoms with E-state index < -0.39 is 0 Å². The number of fused-ring (bicyclic) bond motifs is 1. The molecule has 2 rings (SSSR count). The number of hydrogen-bond donors (Lipinski definition) is 2. The molecular formula is C10H15N3S. The molecule has 0 radical (unpaired) electrons. The van der Waals surface area contributed by atoms with Crippen LogP contribution in [0.2, 0.25) is 0 Å². The molecule has 76 valence electrons. The van der Waals surface area contributed by atoms with Crippen molar-refractivity contribution in [1.82, 2.24) is 15.3 Å². The Bertz CT molecular complexity index is 383. The van der Waals surface area contributed by atoms with Crippen molar-refractivity contribution in [3.63, 3.8) is 0 Å². The molecule has 1 aliphatic rings. The zero-order valence-electron chi connectivity index (χ0n) is 8.39. The van der Waals surface area contributed by atoms with E-state index in [0.717, 1.165) is 25.1 Å². The number of aryl methyl sites for hydroxylation is 1. The van der Waals surface area contributed by atoms with Crippen LogP contribution in [-0.2, 0) is 19.4 Å². The van der Waals surface area contributed by atoms with E-state index in [1.54, 1.807) is 0 Å². The van der Waals surface area contributed by atoms with E-state index in [2.05, 4.69) is 15.3 Å². The van der Waals surface area contributed by atoms with Crippen LogP contribution < -0.4 is 5.32 Å². The second-order valence-corrected chi connectivity index (χ2v) is 4.07. The molecule has 0 spiro atoms. The quantitative estimate of drug-likeness (QED) is 0.729. The Morgan fingerprint density at radius 3 is 3.00 bits per heavy atom. The molecule has 4 heteroatoms. The van der Waals surface area contributed by atoms with Crippen molar-refractivity contribution in [3.8, 4) is 0 Å². The Kier molecular flexibility index (Phi) is 2.93. The molecule has 0 aliphatic heterocycles. The first-order valence-corrected chi connectivity index (χ1v) is 5.47. The van der Waals surface area contributed by atoms with Crippen LogP contribution in [0.3, 0.4) is 0 Å². The van der Waals surface area contributed by atoms with E-state index in [1.165, 1.54) is 24.1 Å². The van der Waals surface area contributed by atoms with Gasteiger partial charge in [0.05, 0.1) is 5.69 Å². The van der Waals surface area contributed by atoms with Crippen molar-refractivity contribution in [2.24, 2.45) is 0 Å². The summed E-state index contributed by atoms with van der Waals surface area (Å²) in [4.78, 5) is 7.58. The Morgan fingerprint density at radius 1 is 1.43 bits per heavy atom. The third-order valence-corrected chi connectivity index (χ3v) is 2.85. The van der Waals surface area contributed by atoms with Crippen LogP contribution in [0.15, 0.2) is 0 Å². The van der Waals surface area contributed by atoms with Crippen LogP contribution >= 0.6 is 12.2 Å². The monoisotopic (exact) mass is 209 g/mol. The zero-order chi connectivity index (χ0) is 9.97. The van der Waals surface area contributed by atoms with E-state index in [-0.39, 0.29) is 0 Å². The van der Waals surface area contributed by atoms with Gasteiger partial charge in [0.1, 0.15) is 0 Å². The normalized spacial score (nSPS) is 15.2. The maximum absolute atomic E-state index is 5.10. The predicted molar refractivity (Wildman–Crippen MR) is 58.8 cm³/mol. The third kappa shape index (κ3) is 1.86. The van der Waals surface area contributed by atoms with Gasteiger partial charge in [-0.2, -0.15) is 0 Å². The minimum absolute atomic E-state index is 0.621. The summed E-state index contributed by atoms with van der Waals surface area (Å²) in [6.07, 6.45) is 4.81. The topological polar surface area (TPSA) is 40.7 Å². The maximum atomic E-state index is 5.10. The largest absolute Gasteiger partial charge is 0.334 e. The molecule has 3 nitrogen and oxygen atoms in total. The van der Waals surface area contributed by atoms with Gasteiger partial charge >= 0.3 is 0 Å². The Labute approximate surface area is 89.0 Å². The van der Waals surface area contributed by atoms with Gasteiger partial charge in [0, 0.05) is 12.2 Å². The number of nitrogens with one attached hydrogen (secondary N) is 2. The van der Waals surface area contributed by atoms with Gasteiger partial charge in [-0.3, -0.25) is 0 Å². The highest BCUT2D eigenvalue weighted by molar-refractivity contribution is 7.71. The number of H-pyrrole nitrogens is 1. The minimum Gasteiger partial charge on any atom is -0.334 e. The second-order valence-electron chi connectivity index (χ2n) is 3.68. The average molecular weight is 209 g/mol. The molecule has 0 aromatic carbocycles. The number of rotatable bonds is 2. The Hall–Kier alpha value is -0.740. The molecule has 1 aromatic heterocycles. The smallest absolute Gasteiger partial charge is 0.197 e. The van der Waals surface area contributed by atoms with E-state index in [4.69, 9.17) is 12.2 Å². The van der Waals surface area contributed by atoms with Crippen molar-refractivity contribution in [2.75, 3.05) is 7.05 Å². The van der Waals surface area contributed by atoms with E-state index in [1.807, 2.05) is 7.05 Å². The molecule has 0 fully saturated rings. The molecular weight excluding hydrogens is 194 g/mol. The fourth-order valence-corrected chi connectivity index (χ4v) is 2.26. The Morgan fingerprint density at radius 2 is 2.21 bits per heavy atom. The van der Waals surface area contributed by atoms with E-state index in [9.17, 15) is 0 Å². The summed E-state index contributed by atoms with van der Waals surface area (Å²) in [5.74, 6) is 0. The molecule has 0 unspecified atom stereocenters. The highest BCUT2D eigenvalue weighted by atomic mass is 32.1. The fraction of sp³-hybridized carbons (Fsp3) is 0.600. The van der Waals surface area contributed by atoms with Crippen molar-refractivity contribution in [2.45, 2.75) is 32.2 Å². The van der Waals surface area contributed by atoms with E-state index >= 15 is 0 Å². The van der Waals surface area contributed by atoms with Gasteiger partial charge in [0.15, 0.2) is 4.77 Å². The average Bonchev–Trinajstić information content (AvgIpc) is 2.18. The van der Waals surface area contributed by atoms with Crippen LogP contribution in [0, 0.1) is 4.77 Å². The van der Waals surface area contributed by atoms with Gasteiger partial charge in [-0.05, 0) is 50.5 Å². The summed E-state index contributed by atoms with van der Waals surface area (Å²) in [5.41, 5.74) is 3.83. The summed E-state index contributed by atoms with van der Waals surface area (Å²) in [7, 11) is 1.94. The lowest BCUT2D eigenvalue weighted by Gasteiger charge is -2.18. The summed E-state index contributed by atoms with van der Waals surface area (Å²) < 4.78 is 0.621. The summed E-state index contributed by atoms with van der Waals surface area (Å²) in [6, 6.07) is 0. The highest BCUT2D eigenvalue weighted by Gasteiger charge is 2.14. The molecule has 0 atom stereocenters. The van der Waals surface area contributed by atoms with Gasteiger partial charge in [-0.25, -0.2) is 4.98 Å². The van der Waals surface area contributed by atoms with Crippen LogP contribution in [0.4, 0.5) is 0 Å². The van der Waals surface area contributed by atoms with E-state index in [0.29, 0.717) is 4.77 Å². The predicted octanol–water partition coefficient (Wildman–Crippen LogP) is 1.74. The molecule has 0 saturated heterocycles. The molecule has 14 heavy (non-hydrogen) atoms. The highest BCUT2D eigenvalue weighted by Crippen LogP contribution is 2.21. The number of nitrogens with zero attached hydrogens (tertiary/aromatic N) is 1. The second kappa shape index (κ2) is 4.19. The molecule has 0 bridgehead atoms. The van der Waals surface area contributed by atoms with Crippen LogP contribution in [0.1, 0.15) is 29.8 Å². The summed E-state index contributed by atoms with van der Waals surface area (Å²) in [6.45, 7) is 0.820. The number of aromatic nitrogens is 2. The zero-order valence-corrected chi connectivity index (χ0v) is 9.21. The fourth-order valence-electron chi connectivity index (χ4n) is 2.02. The van der Waals surface area contributed by atoms with Gasteiger partial charge in [0.25, 0.3) is 0 Å². The lowest BCUT2D eigenvalue weighted by atomic mass is 9.95. The first-order chi connectivity index (χ1) is 6.81. The van der Waals surface area contributed by atoms with Gasteiger partial charge in [-0.15, -0.1) is 0 Å². The number of hydrogen-bond acceptors (Lipinski definition) is 3. The first-order valence-electron chi connectivity index (χ1n) is 5.07. The van der Waals surface area contributed by atoms with Gasteiger partial charge < -0.3 is 10.3 Å².